The van der Waals surface area contributed by atoms with Gasteiger partial charge in [0.05, 0.1) is 17.2 Å². The van der Waals surface area contributed by atoms with E-state index >= 15 is 0 Å². The molecule has 0 unspecified atom stereocenters. The van der Waals surface area contributed by atoms with Crippen LogP contribution in [0.1, 0.15) is 16.4 Å². The quantitative estimate of drug-likeness (QED) is 0.692. The topological polar surface area (TPSA) is 76.0 Å². The van der Waals surface area contributed by atoms with Gasteiger partial charge >= 0.3 is 0 Å². The zero-order valence-corrected chi connectivity index (χ0v) is 9.21. The lowest BCUT2D eigenvalue weighted by atomic mass is 10.2. The number of aromatic nitrogens is 2. The van der Waals surface area contributed by atoms with E-state index in [0.717, 1.165) is 0 Å². The monoisotopic (exact) mass is 240 g/mol. The van der Waals surface area contributed by atoms with E-state index in [1.54, 1.807) is 30.3 Å². The average molecular weight is 240 g/mol. The van der Waals surface area contributed by atoms with Crippen molar-refractivity contribution in [2.45, 2.75) is 0 Å². The number of nitrogens with zero attached hydrogens (tertiary/aromatic N) is 1. The van der Waals surface area contributed by atoms with Crippen LogP contribution in [0.4, 0.5) is 0 Å². The summed E-state index contributed by atoms with van der Waals surface area (Å²) >= 11 is 0. The largest absolute Gasteiger partial charge is 0.461 e. The minimum atomic E-state index is -0.442. The molecule has 5 heteroatoms. The molecule has 0 saturated carbocycles. The molecule has 0 radical (unpaired) electrons. The van der Waals surface area contributed by atoms with E-state index < -0.39 is 5.78 Å². The number of carbonyl (C=O) groups excluding carboxylic acids is 1. The van der Waals surface area contributed by atoms with Crippen molar-refractivity contribution in [3.05, 3.63) is 64.6 Å². The number of hydrogen-bond acceptors (Lipinski definition) is 4. The summed E-state index contributed by atoms with van der Waals surface area (Å²) in [5.74, 6) is -0.315. The third-order valence-corrected chi connectivity index (χ3v) is 2.57. The third kappa shape index (κ3) is 1.62. The van der Waals surface area contributed by atoms with Gasteiger partial charge in [0.25, 0.3) is 11.3 Å². The Balaban J connectivity index is 2.20. The Hall–Kier alpha value is -2.69. The van der Waals surface area contributed by atoms with Gasteiger partial charge < -0.3 is 9.40 Å². The highest BCUT2D eigenvalue weighted by molar-refractivity contribution is 6.05. The molecule has 0 fully saturated rings. The van der Waals surface area contributed by atoms with Gasteiger partial charge in [0, 0.05) is 0 Å². The molecule has 3 aromatic rings. The number of nitrogens with one attached hydrogen (secondary N) is 1. The first-order valence-electron chi connectivity index (χ1n) is 5.33. The van der Waals surface area contributed by atoms with Crippen LogP contribution in [0.5, 0.6) is 0 Å². The normalized spacial score (nSPS) is 10.7. The second kappa shape index (κ2) is 3.96. The fourth-order valence-electron chi connectivity index (χ4n) is 1.72. The van der Waals surface area contributed by atoms with Gasteiger partial charge in [0.1, 0.15) is 0 Å². The molecule has 5 nitrogen and oxygen atoms in total. The molecule has 2 aromatic heterocycles. The molecule has 0 aliphatic carbocycles. The SMILES string of the molecule is O=C(c1nc2ccccc2c(=O)[nH]1)c1ccco1. The number of benzene rings is 1. The molecule has 0 spiro atoms. The Labute approximate surface area is 101 Å². The second-order valence-corrected chi connectivity index (χ2v) is 3.74. The van der Waals surface area contributed by atoms with Crippen LogP contribution in [0, 0.1) is 0 Å². The molecule has 1 N–H and O–H groups in total. The van der Waals surface area contributed by atoms with Crippen LogP contribution in [0.2, 0.25) is 0 Å². The number of ketones is 1. The second-order valence-electron chi connectivity index (χ2n) is 3.74. The first-order valence-corrected chi connectivity index (χ1v) is 5.33. The van der Waals surface area contributed by atoms with Crippen molar-refractivity contribution < 1.29 is 9.21 Å². The zero-order valence-electron chi connectivity index (χ0n) is 9.21. The Morgan fingerprint density at radius 3 is 2.78 bits per heavy atom. The molecule has 88 valence electrons. The van der Waals surface area contributed by atoms with Crippen molar-refractivity contribution in [3.8, 4) is 0 Å². The van der Waals surface area contributed by atoms with Gasteiger partial charge in [-0.2, -0.15) is 0 Å². The molecule has 0 aliphatic heterocycles. The molecule has 1 aromatic carbocycles. The predicted octanol–water partition coefficient (Wildman–Crippen LogP) is 1.75. The van der Waals surface area contributed by atoms with Crippen molar-refractivity contribution in [1.82, 2.24) is 9.97 Å². The van der Waals surface area contributed by atoms with Gasteiger partial charge in [-0.15, -0.1) is 0 Å². The summed E-state index contributed by atoms with van der Waals surface area (Å²) in [5.41, 5.74) is 0.145. The molecule has 0 atom stereocenters. The maximum absolute atomic E-state index is 12.0. The number of carbonyl (C=O) groups is 1. The molecule has 0 bridgehead atoms. The van der Waals surface area contributed by atoms with Crippen LogP contribution < -0.4 is 5.56 Å². The minimum absolute atomic E-state index is 0.0198. The van der Waals surface area contributed by atoms with Crippen molar-refractivity contribution in [1.29, 1.82) is 0 Å². The summed E-state index contributed by atoms with van der Waals surface area (Å²) in [6, 6.07) is 9.97. The highest BCUT2D eigenvalue weighted by Crippen LogP contribution is 2.09. The Bertz CT molecular complexity index is 772. The number of hydrogen-bond donors (Lipinski definition) is 1. The van der Waals surface area contributed by atoms with Gasteiger partial charge in [0.2, 0.25) is 0 Å². The van der Waals surface area contributed by atoms with Gasteiger partial charge in [-0.3, -0.25) is 9.59 Å². The van der Waals surface area contributed by atoms with Gasteiger partial charge in [-0.1, -0.05) is 12.1 Å². The first-order chi connectivity index (χ1) is 8.75. The number of furan rings is 1. The Morgan fingerprint density at radius 2 is 2.00 bits per heavy atom. The Morgan fingerprint density at radius 1 is 1.17 bits per heavy atom. The summed E-state index contributed by atoms with van der Waals surface area (Å²) in [4.78, 5) is 30.4. The van der Waals surface area contributed by atoms with Crippen molar-refractivity contribution in [2.75, 3.05) is 0 Å². The smallest absolute Gasteiger partial charge is 0.263 e. The molecule has 0 saturated heterocycles. The van der Waals surface area contributed by atoms with E-state index in [-0.39, 0.29) is 17.1 Å². The molecule has 0 aliphatic rings. The van der Waals surface area contributed by atoms with Gasteiger partial charge in [-0.25, -0.2) is 4.98 Å². The number of aromatic amines is 1. The fraction of sp³-hybridized carbons (Fsp3) is 0. The number of para-hydroxylation sites is 1. The molecule has 18 heavy (non-hydrogen) atoms. The highest BCUT2D eigenvalue weighted by atomic mass is 16.3. The van der Waals surface area contributed by atoms with Crippen molar-refractivity contribution in [2.24, 2.45) is 0 Å². The standard InChI is InChI=1S/C13H8N2O3/c16-11(10-6-3-7-18-10)12-14-9-5-2-1-4-8(9)13(17)15-12/h1-7H,(H,14,15,17). The summed E-state index contributed by atoms with van der Waals surface area (Å²) in [6.45, 7) is 0. The lowest BCUT2D eigenvalue weighted by molar-refractivity contribution is 0.0999. The predicted molar refractivity (Wildman–Crippen MR) is 64.5 cm³/mol. The summed E-state index contributed by atoms with van der Waals surface area (Å²) in [5, 5.41) is 0.452. The van der Waals surface area contributed by atoms with Crippen molar-refractivity contribution in [3.63, 3.8) is 0 Å². The van der Waals surface area contributed by atoms with Crippen LogP contribution in [-0.4, -0.2) is 15.8 Å². The minimum Gasteiger partial charge on any atom is -0.461 e. The maximum Gasteiger partial charge on any atom is 0.263 e. The van der Waals surface area contributed by atoms with Crippen LogP contribution in [0.15, 0.2) is 51.9 Å². The van der Waals surface area contributed by atoms with E-state index in [2.05, 4.69) is 9.97 Å². The van der Waals surface area contributed by atoms with Crippen LogP contribution >= 0.6 is 0 Å². The molecule has 0 amide bonds. The molecular formula is C13H8N2O3. The molecular weight excluding hydrogens is 232 g/mol. The molecule has 2 heterocycles. The number of fused-ring (bicyclic) bond motifs is 1. The number of H-pyrrole nitrogens is 1. The van der Waals surface area contributed by atoms with E-state index in [0.29, 0.717) is 10.9 Å². The molecule has 3 rings (SSSR count). The van der Waals surface area contributed by atoms with E-state index in [1.165, 1.54) is 12.3 Å². The zero-order chi connectivity index (χ0) is 12.5. The fourth-order valence-corrected chi connectivity index (χ4v) is 1.72. The van der Waals surface area contributed by atoms with E-state index in [9.17, 15) is 9.59 Å². The average Bonchev–Trinajstić information content (AvgIpc) is 2.91. The summed E-state index contributed by atoms with van der Waals surface area (Å²) in [6.07, 6.45) is 1.40. The van der Waals surface area contributed by atoms with Crippen molar-refractivity contribution >= 4 is 16.7 Å². The maximum atomic E-state index is 12.0. The van der Waals surface area contributed by atoms with Crippen LogP contribution in [0.25, 0.3) is 10.9 Å². The lowest BCUT2D eigenvalue weighted by Crippen LogP contribution is -2.16. The summed E-state index contributed by atoms with van der Waals surface area (Å²) in [7, 11) is 0. The first kappa shape index (κ1) is 10.5. The number of rotatable bonds is 2. The van der Waals surface area contributed by atoms with Gasteiger partial charge in [-0.05, 0) is 24.3 Å². The lowest BCUT2D eigenvalue weighted by Gasteiger charge is -2.00. The van der Waals surface area contributed by atoms with Crippen LogP contribution in [0.3, 0.4) is 0 Å². The van der Waals surface area contributed by atoms with Crippen LogP contribution in [-0.2, 0) is 0 Å². The highest BCUT2D eigenvalue weighted by Gasteiger charge is 2.15. The summed E-state index contributed by atoms with van der Waals surface area (Å²) < 4.78 is 4.99. The van der Waals surface area contributed by atoms with Gasteiger partial charge in [0.15, 0.2) is 11.6 Å². The third-order valence-electron chi connectivity index (χ3n) is 2.57. The Kier molecular flexibility index (Phi) is 2.30. The van der Waals surface area contributed by atoms with E-state index in [1.807, 2.05) is 0 Å². The van der Waals surface area contributed by atoms with E-state index in [4.69, 9.17) is 4.42 Å².